The molecule has 0 amide bonds. The van der Waals surface area contributed by atoms with Crippen LogP contribution in [-0.4, -0.2) is 56.5 Å². The Morgan fingerprint density at radius 2 is 2.13 bits per heavy atom. The normalized spacial score (nSPS) is 27.4. The highest BCUT2D eigenvalue weighted by Gasteiger charge is 2.22. The Balaban J connectivity index is 0.00000196. The molecule has 0 aromatic carbocycles. The zero-order chi connectivity index (χ0) is 10.4. The van der Waals surface area contributed by atoms with Crippen molar-refractivity contribution in [2.45, 2.75) is 26.0 Å². The summed E-state index contributed by atoms with van der Waals surface area (Å²) < 4.78 is 10.9. The van der Waals surface area contributed by atoms with Gasteiger partial charge in [0.1, 0.15) is 0 Å². The maximum absolute atomic E-state index is 5.55. The lowest BCUT2D eigenvalue weighted by Crippen LogP contribution is -2.48. The van der Waals surface area contributed by atoms with Crippen LogP contribution in [0, 0.1) is 0 Å². The molecule has 1 aliphatic rings. The van der Waals surface area contributed by atoms with E-state index in [4.69, 9.17) is 15.2 Å². The van der Waals surface area contributed by atoms with Crippen LogP contribution in [0.3, 0.4) is 0 Å². The first kappa shape index (κ1) is 15.1. The summed E-state index contributed by atoms with van der Waals surface area (Å²) in [7, 11) is 0. The van der Waals surface area contributed by atoms with Crippen LogP contribution in [0.4, 0.5) is 0 Å². The van der Waals surface area contributed by atoms with Gasteiger partial charge < -0.3 is 15.2 Å². The zero-order valence-electron chi connectivity index (χ0n) is 9.65. The minimum Gasteiger partial charge on any atom is -0.379 e. The third kappa shape index (κ3) is 5.68. The van der Waals surface area contributed by atoms with Crippen LogP contribution in [0.25, 0.3) is 0 Å². The Labute approximate surface area is 98.5 Å². The summed E-state index contributed by atoms with van der Waals surface area (Å²) in [5.41, 5.74) is 5.34. The fourth-order valence-electron chi connectivity index (χ4n) is 1.65. The fourth-order valence-corrected chi connectivity index (χ4v) is 1.65. The van der Waals surface area contributed by atoms with Crippen LogP contribution in [0.15, 0.2) is 0 Å². The van der Waals surface area contributed by atoms with Crippen molar-refractivity contribution in [1.82, 2.24) is 4.90 Å². The highest BCUT2D eigenvalue weighted by Crippen LogP contribution is 2.10. The molecular weight excluding hydrogens is 216 g/mol. The van der Waals surface area contributed by atoms with Gasteiger partial charge in [-0.1, -0.05) is 0 Å². The van der Waals surface area contributed by atoms with Crippen LogP contribution < -0.4 is 5.73 Å². The SMILES string of the molecule is CC1CN(CCOCCN)C(C)CO1.Cl. The molecule has 1 saturated heterocycles. The first-order valence-electron chi connectivity index (χ1n) is 5.37. The smallest absolute Gasteiger partial charge is 0.0674 e. The molecule has 0 aromatic heterocycles. The summed E-state index contributed by atoms with van der Waals surface area (Å²) in [5.74, 6) is 0. The summed E-state index contributed by atoms with van der Waals surface area (Å²) in [6.07, 6.45) is 0.348. The summed E-state index contributed by atoms with van der Waals surface area (Å²) in [6, 6.07) is 0.507. The Morgan fingerprint density at radius 1 is 1.40 bits per heavy atom. The second kappa shape index (κ2) is 8.30. The average Bonchev–Trinajstić information content (AvgIpc) is 2.18. The van der Waals surface area contributed by atoms with Gasteiger partial charge in [-0.15, -0.1) is 12.4 Å². The van der Waals surface area contributed by atoms with E-state index in [0.717, 1.165) is 26.3 Å². The molecule has 0 radical (unpaired) electrons. The molecule has 0 aliphatic carbocycles. The van der Waals surface area contributed by atoms with Gasteiger partial charge in [-0.3, -0.25) is 4.90 Å². The molecule has 0 aromatic rings. The van der Waals surface area contributed by atoms with Crippen LogP contribution in [-0.2, 0) is 9.47 Å². The van der Waals surface area contributed by atoms with E-state index in [1.54, 1.807) is 0 Å². The Bertz CT molecular complexity index is 160. The molecule has 2 unspecified atom stereocenters. The van der Waals surface area contributed by atoms with E-state index in [-0.39, 0.29) is 12.4 Å². The standard InChI is InChI=1S/C10H22N2O2.ClH/c1-9-8-14-10(2)7-12(9)4-6-13-5-3-11;/h9-10H,3-8,11H2,1-2H3;1H. The van der Waals surface area contributed by atoms with Crippen molar-refractivity contribution in [2.24, 2.45) is 5.73 Å². The number of nitrogens with two attached hydrogens (primary N) is 1. The van der Waals surface area contributed by atoms with Crippen molar-refractivity contribution in [3.8, 4) is 0 Å². The van der Waals surface area contributed by atoms with Gasteiger partial charge in [0.2, 0.25) is 0 Å². The van der Waals surface area contributed by atoms with Crippen LogP contribution in [0.5, 0.6) is 0 Å². The highest BCUT2D eigenvalue weighted by atomic mass is 35.5. The first-order chi connectivity index (χ1) is 6.74. The topological polar surface area (TPSA) is 47.7 Å². The molecule has 15 heavy (non-hydrogen) atoms. The Morgan fingerprint density at radius 3 is 2.80 bits per heavy atom. The third-order valence-corrected chi connectivity index (χ3v) is 2.52. The van der Waals surface area contributed by atoms with Gasteiger partial charge in [-0.25, -0.2) is 0 Å². The lowest BCUT2D eigenvalue weighted by Gasteiger charge is -2.36. The molecule has 1 fully saturated rings. The van der Waals surface area contributed by atoms with Crippen molar-refractivity contribution in [1.29, 1.82) is 0 Å². The molecule has 1 rings (SSSR count). The van der Waals surface area contributed by atoms with Crippen molar-refractivity contribution >= 4 is 12.4 Å². The van der Waals surface area contributed by atoms with Crippen molar-refractivity contribution < 1.29 is 9.47 Å². The molecular formula is C10H23ClN2O2. The number of morpholine rings is 1. The summed E-state index contributed by atoms with van der Waals surface area (Å²) in [4.78, 5) is 2.41. The van der Waals surface area contributed by atoms with Gasteiger partial charge in [0.15, 0.2) is 0 Å². The third-order valence-electron chi connectivity index (χ3n) is 2.52. The zero-order valence-corrected chi connectivity index (χ0v) is 10.5. The number of nitrogens with zero attached hydrogens (tertiary/aromatic N) is 1. The van der Waals surface area contributed by atoms with Gasteiger partial charge in [0, 0.05) is 25.7 Å². The van der Waals surface area contributed by atoms with Crippen molar-refractivity contribution in [2.75, 3.05) is 39.5 Å². The van der Waals surface area contributed by atoms with E-state index in [1.165, 1.54) is 0 Å². The molecule has 0 saturated carbocycles. The summed E-state index contributed by atoms with van der Waals surface area (Å²) in [5, 5.41) is 0. The van der Waals surface area contributed by atoms with Crippen LogP contribution in [0.2, 0.25) is 0 Å². The minimum absolute atomic E-state index is 0. The van der Waals surface area contributed by atoms with Gasteiger partial charge in [0.05, 0.1) is 25.9 Å². The predicted molar refractivity (Wildman–Crippen MR) is 63.6 cm³/mol. The molecule has 4 nitrogen and oxygen atoms in total. The summed E-state index contributed by atoms with van der Waals surface area (Å²) in [6.45, 7) is 9.16. The minimum atomic E-state index is 0. The second-order valence-electron chi connectivity index (χ2n) is 3.89. The number of halogens is 1. The largest absolute Gasteiger partial charge is 0.379 e. The number of hydrogen-bond acceptors (Lipinski definition) is 4. The molecule has 5 heteroatoms. The molecule has 1 aliphatic heterocycles. The molecule has 0 bridgehead atoms. The van der Waals surface area contributed by atoms with E-state index in [2.05, 4.69) is 18.7 Å². The van der Waals surface area contributed by atoms with E-state index < -0.39 is 0 Å². The quantitative estimate of drug-likeness (QED) is 0.709. The van der Waals surface area contributed by atoms with Gasteiger partial charge in [-0.05, 0) is 13.8 Å². The summed E-state index contributed by atoms with van der Waals surface area (Å²) >= 11 is 0. The van der Waals surface area contributed by atoms with Crippen LogP contribution >= 0.6 is 12.4 Å². The second-order valence-corrected chi connectivity index (χ2v) is 3.89. The monoisotopic (exact) mass is 238 g/mol. The Kier molecular flexibility index (Phi) is 8.37. The van der Waals surface area contributed by atoms with E-state index in [1.807, 2.05) is 0 Å². The lowest BCUT2D eigenvalue weighted by molar-refractivity contribution is -0.0566. The van der Waals surface area contributed by atoms with E-state index >= 15 is 0 Å². The highest BCUT2D eigenvalue weighted by molar-refractivity contribution is 5.85. The van der Waals surface area contributed by atoms with Gasteiger partial charge in [0.25, 0.3) is 0 Å². The lowest BCUT2D eigenvalue weighted by atomic mass is 10.2. The van der Waals surface area contributed by atoms with Gasteiger partial charge >= 0.3 is 0 Å². The average molecular weight is 239 g/mol. The number of rotatable bonds is 5. The molecule has 2 N–H and O–H groups in total. The van der Waals surface area contributed by atoms with E-state index in [0.29, 0.717) is 25.3 Å². The first-order valence-corrected chi connectivity index (χ1v) is 5.37. The number of hydrogen-bond donors (Lipinski definition) is 1. The van der Waals surface area contributed by atoms with Crippen molar-refractivity contribution in [3.05, 3.63) is 0 Å². The molecule has 2 atom stereocenters. The molecule has 92 valence electrons. The predicted octanol–water partition coefficient (Wildman–Crippen LogP) is 0.493. The van der Waals surface area contributed by atoms with Crippen molar-refractivity contribution in [3.63, 3.8) is 0 Å². The van der Waals surface area contributed by atoms with Gasteiger partial charge in [-0.2, -0.15) is 0 Å². The molecule has 0 spiro atoms. The molecule has 1 heterocycles. The maximum Gasteiger partial charge on any atom is 0.0674 e. The fraction of sp³-hybridized carbons (Fsp3) is 1.00. The number of ether oxygens (including phenoxy) is 2. The maximum atomic E-state index is 5.55. The van der Waals surface area contributed by atoms with E-state index in [9.17, 15) is 0 Å². The Hall–Kier alpha value is 0.130. The van der Waals surface area contributed by atoms with Crippen LogP contribution in [0.1, 0.15) is 13.8 Å².